The van der Waals surface area contributed by atoms with Crippen LogP contribution >= 0.6 is 0 Å². The number of rotatable bonds is 4. The Morgan fingerprint density at radius 3 is 2.29 bits per heavy atom. The minimum absolute atomic E-state index is 0.0136. The lowest BCUT2D eigenvalue weighted by Gasteiger charge is -2.11. The maximum absolute atomic E-state index is 12.7. The third kappa shape index (κ3) is 3.48. The molecule has 0 aliphatic heterocycles. The number of nitrogens with zero attached hydrogens (tertiary/aromatic N) is 4. The summed E-state index contributed by atoms with van der Waals surface area (Å²) in [4.78, 5) is 50.0. The van der Waals surface area contributed by atoms with E-state index in [0.717, 1.165) is 0 Å². The third-order valence-corrected chi connectivity index (χ3v) is 5.05. The molecule has 10 nitrogen and oxygen atoms in total. The zero-order chi connectivity index (χ0) is 22.1. The summed E-state index contributed by atoms with van der Waals surface area (Å²) >= 11 is 0. The van der Waals surface area contributed by atoms with Crippen molar-refractivity contribution in [2.75, 3.05) is 0 Å². The topological polar surface area (TPSA) is 120 Å². The Balaban J connectivity index is 1.56. The lowest BCUT2D eigenvalue weighted by molar-refractivity contribution is -0.122. The first-order chi connectivity index (χ1) is 14.9. The largest absolute Gasteiger partial charge is 0.329 e. The van der Waals surface area contributed by atoms with Gasteiger partial charge >= 0.3 is 5.69 Å². The molecule has 4 rings (SSSR count). The van der Waals surface area contributed by atoms with Gasteiger partial charge in [0.15, 0.2) is 5.69 Å². The van der Waals surface area contributed by atoms with E-state index in [2.05, 4.69) is 16.0 Å². The maximum Gasteiger partial charge on any atom is 0.329 e. The van der Waals surface area contributed by atoms with Crippen LogP contribution in [0.3, 0.4) is 0 Å². The smallest absolute Gasteiger partial charge is 0.295 e. The van der Waals surface area contributed by atoms with Crippen LogP contribution in [0.25, 0.3) is 21.8 Å². The number of hydrogen-bond acceptors (Lipinski definition) is 5. The molecule has 0 atom stereocenters. The van der Waals surface area contributed by atoms with Crippen LogP contribution in [0.1, 0.15) is 17.4 Å². The van der Waals surface area contributed by atoms with Gasteiger partial charge in [-0.2, -0.15) is 5.10 Å². The van der Waals surface area contributed by atoms with Gasteiger partial charge in [0.1, 0.15) is 6.54 Å². The number of aromatic nitrogens is 4. The molecule has 0 saturated carbocycles. The highest BCUT2D eigenvalue weighted by atomic mass is 16.2. The Morgan fingerprint density at radius 1 is 0.935 bits per heavy atom. The Bertz CT molecular complexity index is 1450. The molecule has 2 N–H and O–H groups in total. The quantitative estimate of drug-likeness (QED) is 0.467. The minimum Gasteiger partial charge on any atom is -0.295 e. The van der Waals surface area contributed by atoms with Gasteiger partial charge in [-0.3, -0.25) is 34.4 Å². The lowest BCUT2D eigenvalue weighted by atomic mass is 10.1. The number of fused-ring (bicyclic) bond motifs is 2. The fraction of sp³-hybridized carbons (Fsp3) is 0.190. The Kier molecular flexibility index (Phi) is 5.12. The minimum atomic E-state index is -0.669. The van der Waals surface area contributed by atoms with E-state index in [1.807, 2.05) is 0 Å². The van der Waals surface area contributed by atoms with Crippen LogP contribution in [0.2, 0.25) is 0 Å². The van der Waals surface area contributed by atoms with Crippen molar-refractivity contribution in [1.29, 1.82) is 0 Å². The predicted molar refractivity (Wildman–Crippen MR) is 114 cm³/mol. The third-order valence-electron chi connectivity index (χ3n) is 5.05. The number of amides is 2. The summed E-state index contributed by atoms with van der Waals surface area (Å²) in [7, 11) is 1.63. The van der Waals surface area contributed by atoms with Gasteiger partial charge in [0.2, 0.25) is 0 Å². The van der Waals surface area contributed by atoms with Gasteiger partial charge in [0, 0.05) is 19.0 Å². The summed E-state index contributed by atoms with van der Waals surface area (Å²) in [5, 5.41) is 4.86. The number of aryl methyl sites for hydroxylation is 2. The lowest BCUT2D eigenvalue weighted by Crippen LogP contribution is -2.45. The standard InChI is InChI=1S/C21H20N6O4/c1-3-27-20(30)14-9-5-4-8-13(14)18(24-27)19(29)23-22-17(28)12-26-16-11-7-6-10-15(16)25(2)21(26)31/h4-11H,3,12H2,1-2H3,(H,22,28)(H,23,29). The number of para-hydroxylation sites is 2. The van der Waals surface area contributed by atoms with E-state index in [0.29, 0.717) is 28.4 Å². The molecule has 2 aromatic carbocycles. The number of hydrogen-bond donors (Lipinski definition) is 2. The Hall–Kier alpha value is -4.21. The molecular weight excluding hydrogens is 400 g/mol. The van der Waals surface area contributed by atoms with Crippen molar-refractivity contribution in [3.8, 4) is 0 Å². The van der Waals surface area contributed by atoms with Gasteiger partial charge in [-0.05, 0) is 25.1 Å². The highest BCUT2D eigenvalue weighted by Crippen LogP contribution is 2.13. The van der Waals surface area contributed by atoms with Gasteiger partial charge in [-0.25, -0.2) is 9.48 Å². The summed E-state index contributed by atoms with van der Waals surface area (Å²) in [5.74, 6) is -1.25. The summed E-state index contributed by atoms with van der Waals surface area (Å²) in [6.07, 6.45) is 0. The number of imidazole rings is 1. The van der Waals surface area contributed by atoms with E-state index < -0.39 is 11.8 Å². The molecule has 2 amide bonds. The monoisotopic (exact) mass is 420 g/mol. The summed E-state index contributed by atoms with van der Waals surface area (Å²) in [6.45, 7) is 1.76. The first kappa shape index (κ1) is 20.1. The fourth-order valence-corrected chi connectivity index (χ4v) is 3.50. The second-order valence-corrected chi connectivity index (χ2v) is 6.93. The Labute approximate surface area is 175 Å². The molecule has 2 aromatic heterocycles. The van der Waals surface area contributed by atoms with Gasteiger partial charge in [0.25, 0.3) is 17.4 Å². The maximum atomic E-state index is 12.7. The fourth-order valence-electron chi connectivity index (χ4n) is 3.50. The molecular formula is C21H20N6O4. The molecule has 0 spiro atoms. The van der Waals surface area contributed by atoms with Crippen molar-refractivity contribution < 1.29 is 9.59 Å². The molecule has 10 heteroatoms. The molecule has 31 heavy (non-hydrogen) atoms. The van der Waals surface area contributed by atoms with Crippen LogP contribution in [-0.4, -0.2) is 30.7 Å². The number of carbonyl (C=O) groups is 2. The molecule has 4 aromatic rings. The molecule has 0 fully saturated rings. The van der Waals surface area contributed by atoms with Crippen molar-refractivity contribution in [3.05, 3.63) is 75.1 Å². The molecule has 0 radical (unpaired) electrons. The van der Waals surface area contributed by atoms with Gasteiger partial charge < -0.3 is 0 Å². The first-order valence-corrected chi connectivity index (χ1v) is 9.65. The zero-order valence-electron chi connectivity index (χ0n) is 17.0. The van der Waals surface area contributed by atoms with E-state index in [-0.39, 0.29) is 23.5 Å². The van der Waals surface area contributed by atoms with Crippen LogP contribution in [0, 0.1) is 0 Å². The summed E-state index contributed by atoms with van der Waals surface area (Å²) in [6, 6.07) is 13.7. The van der Waals surface area contributed by atoms with E-state index in [4.69, 9.17) is 0 Å². The Morgan fingerprint density at radius 2 is 1.58 bits per heavy atom. The van der Waals surface area contributed by atoms with Crippen LogP contribution in [0.4, 0.5) is 0 Å². The van der Waals surface area contributed by atoms with Crippen LogP contribution in [-0.2, 0) is 24.9 Å². The summed E-state index contributed by atoms with van der Waals surface area (Å²) < 4.78 is 3.96. The van der Waals surface area contributed by atoms with E-state index in [9.17, 15) is 19.2 Å². The second-order valence-electron chi connectivity index (χ2n) is 6.93. The van der Waals surface area contributed by atoms with Crippen molar-refractivity contribution in [2.45, 2.75) is 20.0 Å². The average molecular weight is 420 g/mol. The van der Waals surface area contributed by atoms with E-state index in [1.54, 1.807) is 62.5 Å². The molecule has 158 valence electrons. The van der Waals surface area contributed by atoms with Crippen LogP contribution in [0.15, 0.2) is 58.1 Å². The predicted octanol–water partition coefficient (Wildman–Crippen LogP) is 0.531. The average Bonchev–Trinajstić information content (AvgIpc) is 3.03. The van der Waals surface area contributed by atoms with E-state index >= 15 is 0 Å². The van der Waals surface area contributed by atoms with Gasteiger partial charge in [-0.15, -0.1) is 0 Å². The molecule has 0 saturated heterocycles. The molecule has 2 heterocycles. The van der Waals surface area contributed by atoms with Gasteiger partial charge in [-0.1, -0.05) is 30.3 Å². The van der Waals surface area contributed by atoms with Crippen LogP contribution in [0.5, 0.6) is 0 Å². The van der Waals surface area contributed by atoms with Crippen molar-refractivity contribution in [3.63, 3.8) is 0 Å². The van der Waals surface area contributed by atoms with Crippen LogP contribution < -0.4 is 22.1 Å². The zero-order valence-corrected chi connectivity index (χ0v) is 17.0. The molecule has 0 unspecified atom stereocenters. The molecule has 0 aliphatic carbocycles. The first-order valence-electron chi connectivity index (χ1n) is 9.65. The number of nitrogens with one attached hydrogen (secondary N) is 2. The van der Waals surface area contributed by atoms with E-state index in [1.165, 1.54) is 13.8 Å². The SMILES string of the molecule is CCn1nc(C(=O)NNC(=O)Cn2c(=O)n(C)c3ccccc32)c2ccccc2c1=O. The van der Waals surface area contributed by atoms with Crippen molar-refractivity contribution in [2.24, 2.45) is 7.05 Å². The second kappa shape index (κ2) is 7.90. The van der Waals surface area contributed by atoms with Crippen molar-refractivity contribution in [1.82, 2.24) is 29.8 Å². The highest BCUT2D eigenvalue weighted by molar-refractivity contribution is 6.05. The van der Waals surface area contributed by atoms with Crippen molar-refractivity contribution >= 4 is 33.6 Å². The number of hydrazine groups is 1. The van der Waals surface area contributed by atoms with Gasteiger partial charge in [0.05, 0.1) is 16.4 Å². The number of carbonyl (C=O) groups excluding carboxylic acids is 2. The highest BCUT2D eigenvalue weighted by Gasteiger charge is 2.18. The normalized spacial score (nSPS) is 11.0. The molecule has 0 bridgehead atoms. The summed E-state index contributed by atoms with van der Waals surface area (Å²) in [5.41, 5.74) is 5.31. The number of benzene rings is 2. The molecule has 0 aliphatic rings.